The van der Waals surface area contributed by atoms with Crippen molar-refractivity contribution < 1.29 is 24.0 Å². The van der Waals surface area contributed by atoms with Crippen LogP contribution < -0.4 is 0 Å². The fourth-order valence-electron chi connectivity index (χ4n) is 1.39. The Labute approximate surface area is 107 Å². The molecule has 1 fully saturated rings. The SMILES string of the molecule is COC(=O)C(=C1SCCCN1C(=O)OC)[N+](=O)[O-]. The number of thioether (sulfide) groups is 1. The summed E-state index contributed by atoms with van der Waals surface area (Å²) in [5.41, 5.74) is -0.743. The third kappa shape index (κ3) is 2.92. The zero-order valence-corrected chi connectivity index (χ0v) is 10.7. The maximum absolute atomic E-state index is 11.5. The van der Waals surface area contributed by atoms with Crippen molar-refractivity contribution >= 4 is 23.8 Å². The second-order valence-electron chi connectivity index (χ2n) is 3.23. The van der Waals surface area contributed by atoms with Crippen LogP contribution in [-0.2, 0) is 14.3 Å². The largest absolute Gasteiger partial charge is 0.461 e. The number of carbonyl (C=O) groups is 2. The number of nitrogens with zero attached hydrogens (tertiary/aromatic N) is 2. The zero-order chi connectivity index (χ0) is 13.7. The predicted octanol–water partition coefficient (Wildman–Crippen LogP) is 0.810. The molecule has 1 rings (SSSR count). The van der Waals surface area contributed by atoms with Crippen molar-refractivity contribution in [2.75, 3.05) is 26.5 Å². The number of hydrogen-bond donors (Lipinski definition) is 0. The molecule has 0 aromatic heterocycles. The van der Waals surface area contributed by atoms with Crippen LogP contribution in [0.4, 0.5) is 4.79 Å². The molecule has 1 aliphatic rings. The Morgan fingerprint density at radius 3 is 2.56 bits per heavy atom. The molecule has 1 aliphatic heterocycles. The monoisotopic (exact) mass is 276 g/mol. The van der Waals surface area contributed by atoms with Gasteiger partial charge in [-0.25, -0.2) is 9.59 Å². The molecule has 100 valence electrons. The summed E-state index contributed by atoms with van der Waals surface area (Å²) in [6.45, 7) is 0.267. The van der Waals surface area contributed by atoms with Gasteiger partial charge in [-0.2, -0.15) is 0 Å². The second-order valence-corrected chi connectivity index (χ2v) is 4.31. The first-order valence-electron chi connectivity index (χ1n) is 4.98. The molecule has 18 heavy (non-hydrogen) atoms. The van der Waals surface area contributed by atoms with Crippen molar-refractivity contribution in [2.45, 2.75) is 6.42 Å². The third-order valence-electron chi connectivity index (χ3n) is 2.17. The standard InChI is InChI=1S/C9H12N2O6S/c1-16-8(12)6(11(14)15)7-10(9(13)17-2)4-3-5-18-7/h3-5H2,1-2H3. The molecule has 9 heteroatoms. The summed E-state index contributed by atoms with van der Waals surface area (Å²) in [5.74, 6) is -0.504. The summed E-state index contributed by atoms with van der Waals surface area (Å²) < 4.78 is 8.89. The van der Waals surface area contributed by atoms with Crippen molar-refractivity contribution in [3.63, 3.8) is 0 Å². The second kappa shape index (κ2) is 6.24. The summed E-state index contributed by atoms with van der Waals surface area (Å²) in [5, 5.41) is 10.9. The van der Waals surface area contributed by atoms with Gasteiger partial charge in [-0.15, -0.1) is 11.8 Å². The lowest BCUT2D eigenvalue weighted by molar-refractivity contribution is -0.422. The molecule has 1 saturated heterocycles. The van der Waals surface area contributed by atoms with Gasteiger partial charge in [0.25, 0.3) is 0 Å². The maximum Gasteiger partial charge on any atom is 0.414 e. The van der Waals surface area contributed by atoms with E-state index in [4.69, 9.17) is 0 Å². The van der Waals surface area contributed by atoms with Crippen LogP contribution in [-0.4, -0.2) is 48.4 Å². The minimum atomic E-state index is -1.08. The first-order chi connectivity index (χ1) is 8.52. The summed E-state index contributed by atoms with van der Waals surface area (Å²) in [6.07, 6.45) is -0.0736. The molecule has 0 atom stereocenters. The molecule has 0 saturated carbocycles. The normalized spacial score (nSPS) is 18.0. The summed E-state index contributed by atoms with van der Waals surface area (Å²) in [7, 11) is 2.21. The lowest BCUT2D eigenvalue weighted by atomic mass is 10.4. The van der Waals surface area contributed by atoms with Crippen molar-refractivity contribution in [1.29, 1.82) is 0 Å². The Balaban J connectivity index is 3.22. The molecule has 0 N–H and O–H groups in total. The van der Waals surface area contributed by atoms with Gasteiger partial charge < -0.3 is 9.47 Å². The van der Waals surface area contributed by atoms with Crippen molar-refractivity contribution in [3.8, 4) is 0 Å². The van der Waals surface area contributed by atoms with Crippen molar-refractivity contribution in [1.82, 2.24) is 4.90 Å². The van der Waals surface area contributed by atoms with Crippen LogP contribution in [0.2, 0.25) is 0 Å². The number of carbonyl (C=O) groups excluding carboxylic acids is 2. The van der Waals surface area contributed by atoms with Crippen LogP contribution in [0.3, 0.4) is 0 Å². The van der Waals surface area contributed by atoms with E-state index in [-0.39, 0.29) is 11.6 Å². The van der Waals surface area contributed by atoms with E-state index < -0.39 is 22.7 Å². The Morgan fingerprint density at radius 2 is 2.06 bits per heavy atom. The number of ether oxygens (including phenoxy) is 2. The minimum Gasteiger partial charge on any atom is -0.461 e. The number of nitro groups is 1. The summed E-state index contributed by atoms with van der Waals surface area (Å²) in [4.78, 5) is 34.0. The minimum absolute atomic E-state index is 0.0371. The number of esters is 1. The predicted molar refractivity (Wildman–Crippen MR) is 62.2 cm³/mol. The Morgan fingerprint density at radius 1 is 1.39 bits per heavy atom. The summed E-state index contributed by atoms with van der Waals surface area (Å²) in [6, 6.07) is 0. The van der Waals surface area contributed by atoms with E-state index in [1.165, 1.54) is 7.11 Å². The van der Waals surface area contributed by atoms with Gasteiger partial charge in [-0.3, -0.25) is 15.0 Å². The van der Waals surface area contributed by atoms with E-state index in [2.05, 4.69) is 9.47 Å². The Kier molecular flexibility index (Phi) is 4.95. The van der Waals surface area contributed by atoms with Crippen LogP contribution in [0.5, 0.6) is 0 Å². The molecular formula is C9H12N2O6S. The Hall–Kier alpha value is -1.77. The lowest BCUT2D eigenvalue weighted by Crippen LogP contribution is -2.36. The highest BCUT2D eigenvalue weighted by molar-refractivity contribution is 8.03. The fourth-order valence-corrected chi connectivity index (χ4v) is 2.47. The number of hydrogen-bond acceptors (Lipinski definition) is 7. The molecule has 1 amide bonds. The number of methoxy groups -OCH3 is 2. The summed E-state index contributed by atoms with van der Waals surface area (Å²) >= 11 is 1.06. The smallest absolute Gasteiger partial charge is 0.414 e. The first-order valence-corrected chi connectivity index (χ1v) is 5.96. The average Bonchev–Trinajstić information content (AvgIpc) is 2.38. The van der Waals surface area contributed by atoms with Crippen LogP contribution in [0.1, 0.15) is 6.42 Å². The molecule has 8 nitrogen and oxygen atoms in total. The average molecular weight is 276 g/mol. The molecule has 0 aliphatic carbocycles. The van der Waals surface area contributed by atoms with Gasteiger partial charge in [-0.05, 0) is 6.42 Å². The van der Waals surface area contributed by atoms with Crippen LogP contribution in [0, 0.1) is 10.1 Å². The zero-order valence-electron chi connectivity index (χ0n) is 9.87. The van der Waals surface area contributed by atoms with Gasteiger partial charge in [0.1, 0.15) is 0 Å². The van der Waals surface area contributed by atoms with Crippen molar-refractivity contribution in [2.24, 2.45) is 0 Å². The van der Waals surface area contributed by atoms with Gasteiger partial charge in [0.15, 0.2) is 5.03 Å². The molecule has 0 radical (unpaired) electrons. The maximum atomic E-state index is 11.5. The van der Waals surface area contributed by atoms with Crippen LogP contribution in [0.15, 0.2) is 10.7 Å². The van der Waals surface area contributed by atoms with Gasteiger partial charge in [-0.1, -0.05) is 0 Å². The molecule has 1 heterocycles. The third-order valence-corrected chi connectivity index (χ3v) is 3.35. The van der Waals surface area contributed by atoms with Gasteiger partial charge in [0.05, 0.1) is 19.1 Å². The Bertz CT molecular complexity index is 408. The van der Waals surface area contributed by atoms with E-state index in [9.17, 15) is 19.7 Å². The van der Waals surface area contributed by atoms with E-state index >= 15 is 0 Å². The highest BCUT2D eigenvalue weighted by atomic mass is 32.2. The van der Waals surface area contributed by atoms with E-state index in [0.29, 0.717) is 12.2 Å². The number of amides is 1. The fraction of sp³-hybridized carbons (Fsp3) is 0.556. The van der Waals surface area contributed by atoms with E-state index in [1.54, 1.807) is 0 Å². The van der Waals surface area contributed by atoms with Gasteiger partial charge >= 0.3 is 17.8 Å². The van der Waals surface area contributed by atoms with Crippen LogP contribution >= 0.6 is 11.8 Å². The quantitative estimate of drug-likeness (QED) is 0.318. The molecule has 0 spiro atoms. The molecule has 0 aromatic carbocycles. The van der Waals surface area contributed by atoms with Crippen LogP contribution in [0.25, 0.3) is 0 Å². The molecular weight excluding hydrogens is 264 g/mol. The first kappa shape index (κ1) is 14.3. The lowest BCUT2D eigenvalue weighted by Gasteiger charge is -2.26. The van der Waals surface area contributed by atoms with Gasteiger partial charge in [0.2, 0.25) is 0 Å². The molecule has 0 aromatic rings. The molecule has 0 unspecified atom stereocenters. The topological polar surface area (TPSA) is 99.0 Å². The van der Waals surface area contributed by atoms with Gasteiger partial charge in [0, 0.05) is 12.3 Å². The van der Waals surface area contributed by atoms with Crippen molar-refractivity contribution in [3.05, 3.63) is 20.8 Å². The highest BCUT2D eigenvalue weighted by Crippen LogP contribution is 2.30. The van der Waals surface area contributed by atoms with E-state index in [1.807, 2.05) is 0 Å². The number of rotatable bonds is 2. The van der Waals surface area contributed by atoms with E-state index in [0.717, 1.165) is 23.8 Å². The molecule has 0 bridgehead atoms. The highest BCUT2D eigenvalue weighted by Gasteiger charge is 2.36.